The van der Waals surface area contributed by atoms with Crippen LogP contribution in [-0.4, -0.2) is 8.42 Å². The van der Waals surface area contributed by atoms with E-state index in [-0.39, 0.29) is 10.7 Å². The monoisotopic (exact) mass is 293 g/mol. The van der Waals surface area contributed by atoms with Crippen LogP contribution in [0.4, 0.5) is 4.39 Å². The fraction of sp³-hybridized carbons (Fsp3) is 0.200. The van der Waals surface area contributed by atoms with E-state index < -0.39 is 16.1 Å². The molecule has 3 nitrogen and oxygen atoms in total. The zero-order valence-electron chi connectivity index (χ0n) is 11.3. The third kappa shape index (κ3) is 3.43. The predicted octanol–water partition coefficient (Wildman–Crippen LogP) is 3.17. The van der Waals surface area contributed by atoms with Crippen molar-refractivity contribution in [2.24, 2.45) is 0 Å². The number of halogens is 1. The standard InChI is InChI=1S/C15H16FNO2S/c1-11-6-8-15(9-7-11)20(18,19)17-12(2)13-4-3-5-14(16)10-13/h3-10,12,17H,1-2H3. The van der Waals surface area contributed by atoms with Crippen LogP contribution in [0.1, 0.15) is 24.1 Å². The first-order chi connectivity index (χ1) is 9.38. The zero-order valence-corrected chi connectivity index (χ0v) is 12.1. The minimum Gasteiger partial charge on any atom is -0.207 e. The molecule has 20 heavy (non-hydrogen) atoms. The summed E-state index contributed by atoms with van der Waals surface area (Å²) in [6.45, 7) is 3.57. The summed E-state index contributed by atoms with van der Waals surface area (Å²) >= 11 is 0. The van der Waals surface area contributed by atoms with Gasteiger partial charge in [-0.05, 0) is 43.7 Å². The molecule has 2 aromatic carbocycles. The molecule has 0 radical (unpaired) electrons. The van der Waals surface area contributed by atoms with Gasteiger partial charge in [0.1, 0.15) is 5.82 Å². The molecule has 106 valence electrons. The van der Waals surface area contributed by atoms with Crippen molar-refractivity contribution in [3.63, 3.8) is 0 Å². The van der Waals surface area contributed by atoms with Crippen molar-refractivity contribution >= 4 is 10.0 Å². The summed E-state index contributed by atoms with van der Waals surface area (Å²) in [6, 6.07) is 12.0. The smallest absolute Gasteiger partial charge is 0.207 e. The molecule has 0 spiro atoms. The molecule has 5 heteroatoms. The minimum atomic E-state index is -3.61. The van der Waals surface area contributed by atoms with E-state index in [0.29, 0.717) is 5.56 Å². The summed E-state index contributed by atoms with van der Waals surface area (Å²) in [7, 11) is -3.61. The topological polar surface area (TPSA) is 46.2 Å². The SMILES string of the molecule is Cc1ccc(S(=O)(=O)NC(C)c2cccc(F)c2)cc1. The van der Waals surface area contributed by atoms with Crippen LogP contribution in [0.2, 0.25) is 0 Å². The van der Waals surface area contributed by atoms with E-state index >= 15 is 0 Å². The largest absolute Gasteiger partial charge is 0.241 e. The highest BCUT2D eigenvalue weighted by Gasteiger charge is 2.18. The lowest BCUT2D eigenvalue weighted by Crippen LogP contribution is -2.26. The van der Waals surface area contributed by atoms with Crippen molar-refractivity contribution < 1.29 is 12.8 Å². The molecule has 0 saturated carbocycles. The number of hydrogen-bond donors (Lipinski definition) is 1. The highest BCUT2D eigenvalue weighted by atomic mass is 32.2. The molecule has 0 heterocycles. The molecule has 2 rings (SSSR count). The molecule has 1 unspecified atom stereocenters. The molecular weight excluding hydrogens is 277 g/mol. The molecule has 1 N–H and O–H groups in total. The number of rotatable bonds is 4. The Kier molecular flexibility index (Phi) is 4.20. The predicted molar refractivity (Wildman–Crippen MR) is 76.3 cm³/mol. The van der Waals surface area contributed by atoms with Crippen LogP contribution in [0.15, 0.2) is 53.4 Å². The number of benzene rings is 2. The average molecular weight is 293 g/mol. The number of sulfonamides is 1. The van der Waals surface area contributed by atoms with Gasteiger partial charge in [-0.25, -0.2) is 17.5 Å². The maximum Gasteiger partial charge on any atom is 0.241 e. The molecule has 0 fully saturated rings. The maximum absolute atomic E-state index is 13.2. The van der Waals surface area contributed by atoms with Crippen LogP contribution in [0.3, 0.4) is 0 Å². The van der Waals surface area contributed by atoms with Crippen LogP contribution in [0.25, 0.3) is 0 Å². The molecule has 1 atom stereocenters. The molecule has 0 saturated heterocycles. The minimum absolute atomic E-state index is 0.200. The van der Waals surface area contributed by atoms with Gasteiger partial charge in [0.05, 0.1) is 4.90 Å². The third-order valence-corrected chi connectivity index (χ3v) is 4.57. The van der Waals surface area contributed by atoms with Gasteiger partial charge in [0, 0.05) is 6.04 Å². The Bertz CT molecular complexity index is 696. The van der Waals surface area contributed by atoms with E-state index in [4.69, 9.17) is 0 Å². The van der Waals surface area contributed by atoms with Crippen molar-refractivity contribution in [3.05, 3.63) is 65.5 Å². The fourth-order valence-corrected chi connectivity index (χ4v) is 3.09. The molecule has 0 bridgehead atoms. The van der Waals surface area contributed by atoms with Crippen LogP contribution in [0, 0.1) is 12.7 Å². The molecule has 0 amide bonds. The van der Waals surface area contributed by atoms with E-state index in [2.05, 4.69) is 4.72 Å². The van der Waals surface area contributed by atoms with Crippen molar-refractivity contribution in [3.8, 4) is 0 Å². The molecular formula is C15H16FNO2S. The quantitative estimate of drug-likeness (QED) is 0.941. The van der Waals surface area contributed by atoms with Gasteiger partial charge < -0.3 is 0 Å². The first-order valence-corrected chi connectivity index (χ1v) is 7.71. The summed E-state index contributed by atoms with van der Waals surface area (Å²) in [5.41, 5.74) is 1.57. The van der Waals surface area contributed by atoms with Crippen molar-refractivity contribution in [1.29, 1.82) is 0 Å². The van der Waals surface area contributed by atoms with Crippen LogP contribution in [0.5, 0.6) is 0 Å². The maximum atomic E-state index is 13.2. The van der Waals surface area contributed by atoms with Gasteiger partial charge in [-0.3, -0.25) is 0 Å². The second kappa shape index (κ2) is 5.73. The highest BCUT2D eigenvalue weighted by molar-refractivity contribution is 7.89. The molecule has 2 aromatic rings. The average Bonchev–Trinajstić information content (AvgIpc) is 2.38. The van der Waals surface area contributed by atoms with Gasteiger partial charge >= 0.3 is 0 Å². The second-order valence-electron chi connectivity index (χ2n) is 4.71. The van der Waals surface area contributed by atoms with Crippen LogP contribution < -0.4 is 4.72 Å². The van der Waals surface area contributed by atoms with Gasteiger partial charge in [0.15, 0.2) is 0 Å². The molecule has 0 aromatic heterocycles. The van der Waals surface area contributed by atoms with Gasteiger partial charge in [-0.15, -0.1) is 0 Å². The van der Waals surface area contributed by atoms with Gasteiger partial charge in [0.2, 0.25) is 10.0 Å². The Morgan fingerprint density at radius 3 is 2.35 bits per heavy atom. The lowest BCUT2D eigenvalue weighted by atomic mass is 10.1. The lowest BCUT2D eigenvalue weighted by molar-refractivity contribution is 0.564. The van der Waals surface area contributed by atoms with Gasteiger partial charge in [0.25, 0.3) is 0 Å². The Balaban J connectivity index is 2.22. The van der Waals surface area contributed by atoms with Gasteiger partial charge in [-0.1, -0.05) is 29.8 Å². The van der Waals surface area contributed by atoms with Crippen LogP contribution in [-0.2, 0) is 10.0 Å². The molecule has 0 aliphatic rings. The number of aryl methyl sites for hydroxylation is 1. The van der Waals surface area contributed by atoms with Crippen molar-refractivity contribution in [2.75, 3.05) is 0 Å². The van der Waals surface area contributed by atoms with E-state index in [9.17, 15) is 12.8 Å². The normalized spacial score (nSPS) is 13.2. The number of hydrogen-bond acceptors (Lipinski definition) is 2. The Morgan fingerprint density at radius 2 is 1.75 bits per heavy atom. The van der Waals surface area contributed by atoms with E-state index in [0.717, 1.165) is 5.56 Å². The Labute approximate surface area is 118 Å². The first kappa shape index (κ1) is 14.7. The zero-order chi connectivity index (χ0) is 14.8. The number of nitrogens with one attached hydrogen (secondary N) is 1. The third-order valence-electron chi connectivity index (χ3n) is 3.01. The first-order valence-electron chi connectivity index (χ1n) is 6.23. The lowest BCUT2D eigenvalue weighted by Gasteiger charge is -2.15. The summed E-state index contributed by atoms with van der Waals surface area (Å²) in [5.74, 6) is -0.385. The van der Waals surface area contributed by atoms with Crippen molar-refractivity contribution in [1.82, 2.24) is 4.72 Å². The van der Waals surface area contributed by atoms with E-state index in [1.165, 1.54) is 12.1 Å². The summed E-state index contributed by atoms with van der Waals surface area (Å²) in [5, 5.41) is 0. The Morgan fingerprint density at radius 1 is 1.10 bits per heavy atom. The summed E-state index contributed by atoms with van der Waals surface area (Å²) < 4.78 is 40.1. The molecule has 0 aliphatic carbocycles. The van der Waals surface area contributed by atoms with E-state index in [1.807, 2.05) is 6.92 Å². The highest BCUT2D eigenvalue weighted by Crippen LogP contribution is 2.18. The van der Waals surface area contributed by atoms with E-state index in [1.54, 1.807) is 43.3 Å². The van der Waals surface area contributed by atoms with Crippen molar-refractivity contribution in [2.45, 2.75) is 24.8 Å². The molecule has 0 aliphatic heterocycles. The van der Waals surface area contributed by atoms with Crippen LogP contribution >= 0.6 is 0 Å². The summed E-state index contributed by atoms with van der Waals surface area (Å²) in [6.07, 6.45) is 0. The second-order valence-corrected chi connectivity index (χ2v) is 6.43. The Hall–Kier alpha value is -1.72. The fourth-order valence-electron chi connectivity index (χ4n) is 1.86. The van der Waals surface area contributed by atoms with Gasteiger partial charge in [-0.2, -0.15) is 0 Å². The summed E-state index contributed by atoms with van der Waals surface area (Å²) in [4.78, 5) is 0.200.